The first-order chi connectivity index (χ1) is 15.4. The van der Waals surface area contributed by atoms with Crippen molar-refractivity contribution in [3.05, 3.63) is 48.5 Å². The summed E-state index contributed by atoms with van der Waals surface area (Å²) in [5, 5.41) is 0. The van der Waals surface area contributed by atoms with E-state index in [1.807, 2.05) is 6.07 Å². The van der Waals surface area contributed by atoms with E-state index in [1.165, 1.54) is 35.6 Å². The lowest BCUT2D eigenvalue weighted by molar-refractivity contribution is -0.116. The molecular weight excluding hydrogens is 434 g/mol. The number of sulfonamides is 1. The van der Waals surface area contributed by atoms with E-state index in [0.717, 1.165) is 0 Å². The predicted octanol–water partition coefficient (Wildman–Crippen LogP) is 2.33. The van der Waals surface area contributed by atoms with Crippen LogP contribution in [0.2, 0.25) is 0 Å². The lowest BCUT2D eigenvalue weighted by atomic mass is 10.1. The maximum Gasteiger partial charge on any atom is 0.332 e. The van der Waals surface area contributed by atoms with Gasteiger partial charge in [0.05, 0.1) is 24.8 Å². The molecule has 0 N–H and O–H groups in total. The van der Waals surface area contributed by atoms with E-state index in [4.69, 9.17) is 9.47 Å². The second-order valence-electron chi connectivity index (χ2n) is 7.63. The van der Waals surface area contributed by atoms with Gasteiger partial charge in [-0.1, -0.05) is 18.2 Å². The van der Waals surface area contributed by atoms with Crippen LogP contribution < -0.4 is 14.4 Å². The molecule has 2 heterocycles. The summed E-state index contributed by atoms with van der Waals surface area (Å²) in [5.74, 6) is 0.512. The number of amides is 3. The fourth-order valence-electron chi connectivity index (χ4n) is 4.16. The molecule has 0 aliphatic carbocycles. The van der Waals surface area contributed by atoms with E-state index in [-0.39, 0.29) is 42.5 Å². The minimum atomic E-state index is -3.73. The smallest absolute Gasteiger partial charge is 0.332 e. The van der Waals surface area contributed by atoms with Gasteiger partial charge in [0.2, 0.25) is 10.0 Å². The van der Waals surface area contributed by atoms with Crippen molar-refractivity contribution in [2.45, 2.75) is 23.8 Å². The van der Waals surface area contributed by atoms with E-state index in [9.17, 15) is 18.0 Å². The van der Waals surface area contributed by atoms with E-state index >= 15 is 0 Å². The van der Waals surface area contributed by atoms with Crippen LogP contribution >= 0.6 is 0 Å². The first kappa shape index (κ1) is 22.1. The van der Waals surface area contributed by atoms with Crippen molar-refractivity contribution in [3.63, 3.8) is 0 Å². The van der Waals surface area contributed by atoms with Crippen molar-refractivity contribution in [2.75, 3.05) is 38.8 Å². The summed E-state index contributed by atoms with van der Waals surface area (Å²) < 4.78 is 38.1. The van der Waals surface area contributed by atoms with Gasteiger partial charge in [0.15, 0.2) is 11.5 Å². The third-order valence-corrected chi connectivity index (χ3v) is 7.76. The Kier molecular flexibility index (Phi) is 6.07. The van der Waals surface area contributed by atoms with Crippen LogP contribution in [0, 0.1) is 0 Å². The van der Waals surface area contributed by atoms with Gasteiger partial charge in [-0.15, -0.1) is 0 Å². The molecule has 170 valence electrons. The number of piperidine rings is 1. The highest BCUT2D eigenvalue weighted by Gasteiger charge is 2.42. The molecule has 2 aliphatic heterocycles. The number of rotatable bonds is 6. The van der Waals surface area contributed by atoms with Gasteiger partial charge in [0, 0.05) is 25.2 Å². The summed E-state index contributed by atoms with van der Waals surface area (Å²) in [7, 11) is -0.790. The molecular formula is C22H25N3O6S. The first-order valence-electron chi connectivity index (χ1n) is 10.3. The van der Waals surface area contributed by atoms with Crippen molar-refractivity contribution in [2.24, 2.45) is 0 Å². The molecule has 3 amide bonds. The molecule has 0 spiro atoms. The van der Waals surface area contributed by atoms with Gasteiger partial charge in [0.1, 0.15) is 6.54 Å². The van der Waals surface area contributed by atoms with Crippen LogP contribution in [0.5, 0.6) is 11.5 Å². The maximum atomic E-state index is 13.1. The summed E-state index contributed by atoms with van der Waals surface area (Å²) in [5.41, 5.74) is 0.540. The van der Waals surface area contributed by atoms with Crippen LogP contribution in [0.1, 0.15) is 12.8 Å². The number of hydrogen-bond acceptors (Lipinski definition) is 6. The fraction of sp³-hybridized carbons (Fsp3) is 0.364. The Bertz CT molecular complexity index is 1110. The Labute approximate surface area is 187 Å². The lowest BCUT2D eigenvalue weighted by Crippen LogP contribution is -2.48. The molecule has 0 atom stereocenters. The number of urea groups is 1. The van der Waals surface area contributed by atoms with Gasteiger partial charge in [-0.3, -0.25) is 4.79 Å². The van der Waals surface area contributed by atoms with Crippen LogP contribution in [0.3, 0.4) is 0 Å². The third kappa shape index (κ3) is 3.91. The van der Waals surface area contributed by atoms with Gasteiger partial charge >= 0.3 is 6.03 Å². The number of anilines is 1. The van der Waals surface area contributed by atoms with Gasteiger partial charge in [-0.2, -0.15) is 4.31 Å². The summed E-state index contributed by atoms with van der Waals surface area (Å²) in [6.45, 7) is 0.510. The highest BCUT2D eigenvalue weighted by molar-refractivity contribution is 7.89. The molecule has 2 aliphatic rings. The van der Waals surface area contributed by atoms with E-state index < -0.39 is 10.0 Å². The second kappa shape index (κ2) is 8.79. The summed E-state index contributed by atoms with van der Waals surface area (Å²) in [6.07, 6.45) is 0.905. The zero-order chi connectivity index (χ0) is 22.9. The fourth-order valence-corrected chi connectivity index (χ4v) is 5.64. The Morgan fingerprint density at radius 3 is 2.19 bits per heavy atom. The largest absolute Gasteiger partial charge is 0.493 e. The monoisotopic (exact) mass is 459 g/mol. The van der Waals surface area contributed by atoms with E-state index in [1.54, 1.807) is 35.2 Å². The molecule has 0 saturated carbocycles. The zero-order valence-electron chi connectivity index (χ0n) is 17.9. The first-order valence-corrected chi connectivity index (χ1v) is 11.7. The zero-order valence-corrected chi connectivity index (χ0v) is 18.7. The molecule has 4 rings (SSSR count). The molecule has 0 radical (unpaired) electrons. The van der Waals surface area contributed by atoms with E-state index in [0.29, 0.717) is 30.0 Å². The number of carbonyl (C=O) groups excluding carboxylic acids is 2. The van der Waals surface area contributed by atoms with E-state index in [2.05, 4.69) is 0 Å². The highest BCUT2D eigenvalue weighted by Crippen LogP contribution is 2.32. The summed E-state index contributed by atoms with van der Waals surface area (Å²) in [4.78, 5) is 28.3. The van der Waals surface area contributed by atoms with Gasteiger partial charge < -0.3 is 14.4 Å². The predicted molar refractivity (Wildman–Crippen MR) is 117 cm³/mol. The normalized spacial score (nSPS) is 18.3. The number of methoxy groups -OCH3 is 2. The van der Waals surface area contributed by atoms with Crippen molar-refractivity contribution in [1.82, 2.24) is 9.21 Å². The minimum Gasteiger partial charge on any atom is -0.493 e. The lowest BCUT2D eigenvalue weighted by Gasteiger charge is -2.35. The number of carbonyl (C=O) groups is 2. The number of hydrogen-bond donors (Lipinski definition) is 0. The molecule has 32 heavy (non-hydrogen) atoms. The molecule has 0 aromatic heterocycles. The van der Waals surface area contributed by atoms with Crippen LogP contribution in [0.15, 0.2) is 53.4 Å². The number of ether oxygens (including phenoxy) is 2. The molecule has 10 heteroatoms. The molecule has 9 nitrogen and oxygen atoms in total. The Morgan fingerprint density at radius 2 is 1.56 bits per heavy atom. The average Bonchev–Trinajstić information content (AvgIpc) is 3.12. The molecule has 2 fully saturated rings. The quantitative estimate of drug-likeness (QED) is 0.615. The van der Waals surface area contributed by atoms with Gasteiger partial charge in [-0.05, 0) is 37.1 Å². The van der Waals surface area contributed by atoms with Crippen LogP contribution in [0.4, 0.5) is 10.5 Å². The van der Waals surface area contributed by atoms with Crippen molar-refractivity contribution < 1.29 is 27.5 Å². The SMILES string of the molecule is COc1ccc(S(=O)(=O)N2CCC(N3CC(=O)N(c4ccccc4)C3=O)CC2)cc1OC. The molecule has 2 saturated heterocycles. The topological polar surface area (TPSA) is 96.5 Å². The summed E-state index contributed by atoms with van der Waals surface area (Å²) >= 11 is 0. The molecule has 2 aromatic carbocycles. The highest BCUT2D eigenvalue weighted by atomic mass is 32.2. The molecule has 2 aromatic rings. The van der Waals surface area contributed by atoms with Crippen molar-refractivity contribution >= 4 is 27.6 Å². The van der Waals surface area contributed by atoms with Crippen molar-refractivity contribution in [3.8, 4) is 11.5 Å². The number of imide groups is 1. The van der Waals surface area contributed by atoms with Crippen molar-refractivity contribution in [1.29, 1.82) is 0 Å². The Morgan fingerprint density at radius 1 is 0.906 bits per heavy atom. The third-order valence-electron chi connectivity index (χ3n) is 5.86. The van der Waals surface area contributed by atoms with Crippen LogP contribution in [0.25, 0.3) is 0 Å². The second-order valence-corrected chi connectivity index (χ2v) is 9.57. The average molecular weight is 460 g/mol. The number of para-hydroxylation sites is 1. The van der Waals surface area contributed by atoms with Crippen LogP contribution in [-0.2, 0) is 14.8 Å². The maximum absolute atomic E-state index is 13.1. The minimum absolute atomic E-state index is 0.000816. The van der Waals surface area contributed by atoms with Gasteiger partial charge in [0.25, 0.3) is 5.91 Å². The van der Waals surface area contributed by atoms with Gasteiger partial charge in [-0.25, -0.2) is 18.1 Å². The summed E-state index contributed by atoms with van der Waals surface area (Å²) in [6, 6.07) is 12.7. The molecule has 0 bridgehead atoms. The standard InChI is InChI=1S/C22H25N3O6S/c1-30-19-9-8-18(14-20(19)31-2)32(28,29)23-12-10-16(11-13-23)24-15-21(26)25(22(24)27)17-6-4-3-5-7-17/h3-9,14,16H,10-13,15H2,1-2H3. The Hall–Kier alpha value is -3.11. The number of benzene rings is 2. The van der Waals surface area contributed by atoms with Crippen LogP contribution in [-0.4, -0.2) is 69.5 Å². The Balaban J connectivity index is 1.45. The molecule has 0 unspecified atom stereocenters. The number of nitrogens with zero attached hydrogens (tertiary/aromatic N) is 3.